The van der Waals surface area contributed by atoms with E-state index in [2.05, 4.69) is 0 Å². The van der Waals surface area contributed by atoms with E-state index in [4.69, 9.17) is 15.1 Å². The van der Waals surface area contributed by atoms with Gasteiger partial charge in [0.05, 0.1) is 0 Å². The fourth-order valence-electron chi connectivity index (χ4n) is 1.83. The number of nitrogens with zero attached hydrogens (tertiary/aromatic N) is 1. The molecule has 22 heavy (non-hydrogen) atoms. The predicted octanol–water partition coefficient (Wildman–Crippen LogP) is 3.52. The van der Waals surface area contributed by atoms with Crippen LogP contribution in [0, 0.1) is 25.2 Å². The molecule has 122 valence electrons. The maximum atomic E-state index is 13.7. The first-order valence-corrected chi connectivity index (χ1v) is 5.83. The van der Waals surface area contributed by atoms with Gasteiger partial charge in [0, 0.05) is 5.56 Å². The number of alkyl halides is 6. The second-order valence-corrected chi connectivity index (χ2v) is 4.58. The number of aliphatic hydroxyl groups is 1. The maximum Gasteiger partial charge on any atom is 0.455 e. The number of halogens is 6. The summed E-state index contributed by atoms with van der Waals surface area (Å²) >= 11 is 0. The van der Waals surface area contributed by atoms with Crippen LogP contribution in [-0.2, 0) is 5.92 Å². The molecular weight excluding hydrogens is 316 g/mol. The lowest BCUT2D eigenvalue weighted by atomic mass is 9.96. The molecule has 0 saturated heterocycles. The Kier molecular flexibility index (Phi) is 4.67. The number of rotatable bonds is 4. The lowest BCUT2D eigenvalue weighted by Crippen LogP contribution is -2.53. The van der Waals surface area contributed by atoms with Gasteiger partial charge in [0.25, 0.3) is 0 Å². The zero-order chi connectivity index (χ0) is 17.3. The maximum absolute atomic E-state index is 13.7. The molecule has 0 aliphatic heterocycles. The second kappa shape index (κ2) is 5.68. The molecule has 1 atom stereocenters. The summed E-state index contributed by atoms with van der Waals surface area (Å²) in [7, 11) is 0. The molecule has 0 aliphatic rings. The second-order valence-electron chi connectivity index (χ2n) is 4.58. The van der Waals surface area contributed by atoms with E-state index in [-0.39, 0.29) is 16.9 Å². The lowest BCUT2D eigenvalue weighted by molar-refractivity contribution is -0.390. The molecule has 1 aromatic rings. The minimum absolute atomic E-state index is 0.0236. The summed E-state index contributed by atoms with van der Waals surface area (Å²) in [5, 5.41) is 17.0. The van der Waals surface area contributed by atoms with Crippen LogP contribution in [0.3, 0.4) is 0 Å². The Morgan fingerprint density at radius 2 is 1.55 bits per heavy atom. The number of ether oxygens (including phenoxy) is 1. The van der Waals surface area contributed by atoms with Crippen molar-refractivity contribution in [3.05, 3.63) is 28.8 Å². The summed E-state index contributed by atoms with van der Waals surface area (Å²) in [4.78, 5) is 0. The van der Waals surface area contributed by atoms with Crippen LogP contribution in [0.5, 0.6) is 5.75 Å². The molecular formula is C13H11F6NO2. The van der Waals surface area contributed by atoms with Crippen molar-refractivity contribution in [2.24, 2.45) is 0 Å². The molecule has 1 unspecified atom stereocenters. The van der Waals surface area contributed by atoms with Gasteiger partial charge in [0.1, 0.15) is 11.8 Å². The van der Waals surface area contributed by atoms with Gasteiger partial charge in [-0.1, -0.05) is 0 Å². The third kappa shape index (κ3) is 2.97. The standard InChI is InChI=1S/C13H11F6NO2/c1-7-5-9(6-8(2)10(7)22-4-3-20)11(14,15)12(16,21)13(17,18)19/h5-6,21H,4H2,1-2H3. The van der Waals surface area contributed by atoms with Crippen LogP contribution in [0.2, 0.25) is 0 Å². The normalized spacial score (nSPS) is 15.1. The number of aryl methyl sites for hydroxylation is 2. The molecule has 0 aromatic heterocycles. The van der Waals surface area contributed by atoms with Crippen LogP contribution in [-0.4, -0.2) is 23.7 Å². The molecule has 0 fully saturated rings. The Hall–Kier alpha value is -1.95. The molecule has 0 bridgehead atoms. The van der Waals surface area contributed by atoms with E-state index in [1.165, 1.54) is 13.8 Å². The monoisotopic (exact) mass is 327 g/mol. The average Bonchev–Trinajstić information content (AvgIpc) is 2.36. The summed E-state index contributed by atoms with van der Waals surface area (Å²) in [6.45, 7) is 2.08. The topological polar surface area (TPSA) is 53.2 Å². The molecule has 1 N–H and O–H groups in total. The predicted molar refractivity (Wildman–Crippen MR) is 63.0 cm³/mol. The zero-order valence-electron chi connectivity index (χ0n) is 11.4. The summed E-state index contributed by atoms with van der Waals surface area (Å²) in [6, 6.07) is 2.77. The summed E-state index contributed by atoms with van der Waals surface area (Å²) in [5.41, 5.74) is -1.40. The molecule has 0 aliphatic carbocycles. The van der Waals surface area contributed by atoms with Gasteiger partial charge in [-0.25, -0.2) is 0 Å². The highest BCUT2D eigenvalue weighted by Gasteiger charge is 2.71. The molecule has 0 radical (unpaired) electrons. The quantitative estimate of drug-likeness (QED) is 0.861. The molecule has 1 rings (SSSR count). The van der Waals surface area contributed by atoms with Crippen LogP contribution in [0.4, 0.5) is 26.3 Å². The van der Waals surface area contributed by atoms with E-state index in [0.29, 0.717) is 12.1 Å². The van der Waals surface area contributed by atoms with Crippen molar-refractivity contribution >= 4 is 0 Å². The van der Waals surface area contributed by atoms with Gasteiger partial charge in [-0.05, 0) is 37.1 Å². The highest BCUT2D eigenvalue weighted by Crippen LogP contribution is 2.49. The molecule has 0 amide bonds. The molecule has 0 spiro atoms. The molecule has 1 aromatic carbocycles. The van der Waals surface area contributed by atoms with E-state index in [9.17, 15) is 26.3 Å². The van der Waals surface area contributed by atoms with E-state index >= 15 is 0 Å². The summed E-state index contributed by atoms with van der Waals surface area (Å²) < 4.78 is 82.5. The van der Waals surface area contributed by atoms with Crippen molar-refractivity contribution < 1.29 is 36.2 Å². The van der Waals surface area contributed by atoms with Gasteiger partial charge in [-0.15, -0.1) is 0 Å². The van der Waals surface area contributed by atoms with Crippen molar-refractivity contribution in [3.63, 3.8) is 0 Å². The third-order valence-electron chi connectivity index (χ3n) is 2.90. The minimum atomic E-state index is -6.17. The Balaban J connectivity index is 3.37. The molecule has 9 heteroatoms. The smallest absolute Gasteiger partial charge is 0.455 e. The molecule has 3 nitrogen and oxygen atoms in total. The molecule has 0 saturated carbocycles. The van der Waals surface area contributed by atoms with E-state index in [1.807, 2.05) is 0 Å². The van der Waals surface area contributed by atoms with Crippen molar-refractivity contribution in [2.45, 2.75) is 31.8 Å². The largest absolute Gasteiger partial charge is 0.478 e. The SMILES string of the molecule is Cc1cc(C(F)(F)C(O)(F)C(F)(F)F)cc(C)c1OCC#N. The zero-order valence-corrected chi connectivity index (χ0v) is 11.4. The van der Waals surface area contributed by atoms with E-state index in [1.54, 1.807) is 6.07 Å². The first kappa shape index (κ1) is 18.1. The highest BCUT2D eigenvalue weighted by atomic mass is 19.4. The minimum Gasteiger partial charge on any atom is -0.478 e. The molecule has 0 heterocycles. The van der Waals surface area contributed by atoms with Crippen LogP contribution in [0.1, 0.15) is 16.7 Å². The van der Waals surface area contributed by atoms with Gasteiger partial charge in [0.2, 0.25) is 0 Å². The van der Waals surface area contributed by atoms with Gasteiger partial charge in [0.15, 0.2) is 6.61 Å². The van der Waals surface area contributed by atoms with Gasteiger partial charge in [-0.3, -0.25) is 0 Å². The first-order chi connectivity index (χ1) is 9.86. The highest BCUT2D eigenvalue weighted by molar-refractivity contribution is 5.45. The Labute approximate surface area is 121 Å². The van der Waals surface area contributed by atoms with Crippen molar-refractivity contribution in [3.8, 4) is 11.8 Å². The van der Waals surface area contributed by atoms with Crippen LogP contribution < -0.4 is 4.74 Å². The Bertz CT molecular complexity index is 581. The van der Waals surface area contributed by atoms with Crippen LogP contribution >= 0.6 is 0 Å². The van der Waals surface area contributed by atoms with Crippen molar-refractivity contribution in [2.75, 3.05) is 6.61 Å². The number of hydrogen-bond donors (Lipinski definition) is 1. The van der Waals surface area contributed by atoms with Crippen molar-refractivity contribution in [1.82, 2.24) is 0 Å². The van der Waals surface area contributed by atoms with Gasteiger partial charge in [-0.2, -0.15) is 31.6 Å². The fraction of sp³-hybridized carbons (Fsp3) is 0.462. The lowest BCUT2D eigenvalue weighted by Gasteiger charge is -2.31. The third-order valence-corrected chi connectivity index (χ3v) is 2.90. The van der Waals surface area contributed by atoms with Gasteiger partial charge < -0.3 is 9.84 Å². The number of nitriles is 1. The Morgan fingerprint density at radius 3 is 1.91 bits per heavy atom. The summed E-state index contributed by atoms with van der Waals surface area (Å²) in [5.74, 6) is -10.9. The van der Waals surface area contributed by atoms with E-state index in [0.717, 1.165) is 0 Å². The fourth-order valence-corrected chi connectivity index (χ4v) is 1.83. The Morgan fingerprint density at radius 1 is 1.09 bits per heavy atom. The van der Waals surface area contributed by atoms with Crippen LogP contribution in [0.15, 0.2) is 12.1 Å². The van der Waals surface area contributed by atoms with Gasteiger partial charge >= 0.3 is 18.0 Å². The number of benzene rings is 1. The van der Waals surface area contributed by atoms with Crippen molar-refractivity contribution in [1.29, 1.82) is 5.26 Å². The summed E-state index contributed by atoms with van der Waals surface area (Å²) in [6.07, 6.45) is -6.17. The number of hydrogen-bond acceptors (Lipinski definition) is 3. The van der Waals surface area contributed by atoms with Crippen LogP contribution in [0.25, 0.3) is 0 Å². The first-order valence-electron chi connectivity index (χ1n) is 5.83. The average molecular weight is 327 g/mol. The van der Waals surface area contributed by atoms with E-state index < -0.39 is 30.1 Å².